The van der Waals surface area contributed by atoms with E-state index in [0.717, 1.165) is 33.4 Å². The molecule has 1 saturated carbocycles. The number of hydroxylamine groups is 2. The number of allylic oxidation sites excluding steroid dienone is 1. The van der Waals surface area contributed by atoms with Crippen LogP contribution < -0.4 is 5.32 Å². The number of aromatic hydroxyl groups is 1. The molecule has 1 spiro atoms. The molecule has 9 rings (SSSR count). The molecule has 7 atom stereocenters. The highest BCUT2D eigenvalue weighted by atomic mass is 16.8. The Morgan fingerprint density at radius 1 is 0.931 bits per heavy atom. The van der Waals surface area contributed by atoms with Crippen molar-refractivity contribution in [2.75, 3.05) is 20.2 Å². The van der Waals surface area contributed by atoms with Crippen molar-refractivity contribution < 1.29 is 43.6 Å². The van der Waals surface area contributed by atoms with E-state index < -0.39 is 65.5 Å². The van der Waals surface area contributed by atoms with Crippen molar-refractivity contribution in [3.8, 4) is 5.75 Å². The van der Waals surface area contributed by atoms with E-state index in [4.69, 9.17) is 19.0 Å². The molecule has 4 aromatic rings. The molecule has 12 nitrogen and oxygen atoms in total. The highest BCUT2D eigenvalue weighted by Gasteiger charge is 2.77. The number of fused-ring (bicyclic) bond motifs is 5. The van der Waals surface area contributed by atoms with Crippen molar-refractivity contribution in [3.05, 3.63) is 143 Å². The number of benzene rings is 4. The van der Waals surface area contributed by atoms with Gasteiger partial charge in [-0.05, 0) is 45.9 Å². The van der Waals surface area contributed by atoms with Gasteiger partial charge >= 0.3 is 5.97 Å². The summed E-state index contributed by atoms with van der Waals surface area (Å²) in [6.45, 7) is -0.0815. The standard InChI is InChI=1S/C46H47N3O9/c1-48(35(42(52)47-21-22-50)24-30-11-3-2-4-12-30)44(54)46-27-37-38-39(57-45(56-38)25-33-17-5-6-18-34(33)26-45)41(46)58-49(40(46)43(53)55-37)28-31-15-9-13-29(23-31)14-10-19-32-16-7-8-20-36(32)51/h2-18,20,23,35,37-41,50-51H,19,21-22,24-28H2,1H3,(H,47,52). The number of carbonyl (C=O) groups is 3. The SMILES string of the molecule is CN(C(=O)C12CC3OC(=O)C1N(Cc1cccc(C=CCc4ccccc4O)c1)OC2C1OC2(Cc4ccccc4C2)OC31)C(Cc1ccccc1)C(=O)NCCO. The predicted molar refractivity (Wildman–Crippen MR) is 212 cm³/mol. The number of para-hydroxylation sites is 1. The minimum absolute atomic E-state index is 0.0240. The van der Waals surface area contributed by atoms with Crippen molar-refractivity contribution in [1.82, 2.24) is 15.3 Å². The van der Waals surface area contributed by atoms with E-state index >= 15 is 4.79 Å². The van der Waals surface area contributed by atoms with Gasteiger partial charge in [-0.2, -0.15) is 5.06 Å². The normalized spacial score (nSPS) is 26.9. The Hall–Kier alpha value is -5.37. The lowest BCUT2D eigenvalue weighted by atomic mass is 9.62. The van der Waals surface area contributed by atoms with Crippen LogP contribution in [0.25, 0.3) is 6.08 Å². The lowest BCUT2D eigenvalue weighted by Crippen LogP contribution is -2.70. The predicted octanol–water partition coefficient (Wildman–Crippen LogP) is 3.91. The maximum absolute atomic E-state index is 15.5. The largest absolute Gasteiger partial charge is 0.508 e. The molecule has 2 aliphatic carbocycles. The number of hydrogen-bond acceptors (Lipinski definition) is 10. The van der Waals surface area contributed by atoms with Gasteiger partial charge in [-0.3, -0.25) is 19.2 Å². The molecule has 7 unspecified atom stereocenters. The van der Waals surface area contributed by atoms with Crippen molar-refractivity contribution in [1.29, 1.82) is 0 Å². The Labute approximate surface area is 336 Å². The summed E-state index contributed by atoms with van der Waals surface area (Å²) in [4.78, 5) is 52.0. The lowest BCUT2D eigenvalue weighted by Gasteiger charge is -2.50. The topological polar surface area (TPSA) is 147 Å². The number of ether oxygens (including phenoxy) is 3. The van der Waals surface area contributed by atoms with Gasteiger partial charge in [-0.15, -0.1) is 0 Å². The fourth-order valence-corrected chi connectivity index (χ4v) is 9.73. The first-order valence-electron chi connectivity index (χ1n) is 20.0. The molecule has 3 heterocycles. The van der Waals surface area contributed by atoms with Gasteiger partial charge in [0.15, 0.2) is 11.8 Å². The molecular formula is C46H47N3O9. The van der Waals surface area contributed by atoms with Gasteiger partial charge in [0.1, 0.15) is 41.6 Å². The highest BCUT2D eigenvalue weighted by Crippen LogP contribution is 2.59. The summed E-state index contributed by atoms with van der Waals surface area (Å²) in [6, 6.07) is 30.5. The zero-order valence-corrected chi connectivity index (χ0v) is 32.2. The number of aliphatic hydroxyl groups excluding tert-OH is 1. The molecule has 3 saturated heterocycles. The third kappa shape index (κ3) is 6.78. The van der Waals surface area contributed by atoms with Crippen molar-refractivity contribution in [3.63, 3.8) is 0 Å². The second-order valence-corrected chi connectivity index (χ2v) is 16.0. The first-order chi connectivity index (χ1) is 28.2. The molecule has 2 amide bonds. The number of nitrogens with one attached hydrogen (secondary N) is 1. The fourth-order valence-electron chi connectivity index (χ4n) is 9.73. The third-order valence-electron chi connectivity index (χ3n) is 12.4. The molecule has 0 radical (unpaired) electrons. The Morgan fingerprint density at radius 2 is 1.64 bits per heavy atom. The van der Waals surface area contributed by atoms with Gasteiger partial charge in [-0.25, -0.2) is 0 Å². The van der Waals surface area contributed by atoms with Gasteiger partial charge in [-0.1, -0.05) is 109 Å². The molecule has 4 aromatic carbocycles. The van der Waals surface area contributed by atoms with E-state index in [-0.39, 0.29) is 38.3 Å². The van der Waals surface area contributed by atoms with Gasteiger partial charge < -0.3 is 34.6 Å². The van der Waals surface area contributed by atoms with Crippen LogP contribution in [-0.2, 0) is 65.7 Å². The van der Waals surface area contributed by atoms with Crippen LogP contribution in [0.2, 0.25) is 0 Å². The van der Waals surface area contributed by atoms with Crippen molar-refractivity contribution in [2.24, 2.45) is 5.41 Å². The Bertz CT molecular complexity index is 2210. The number of carbonyl (C=O) groups excluding carboxylic acids is 3. The van der Waals surface area contributed by atoms with Crippen LogP contribution in [0, 0.1) is 5.41 Å². The van der Waals surface area contributed by atoms with Crippen LogP contribution in [0.15, 0.2) is 109 Å². The molecule has 58 heavy (non-hydrogen) atoms. The van der Waals surface area contributed by atoms with E-state index in [2.05, 4.69) is 17.4 Å². The number of esters is 1. The van der Waals surface area contributed by atoms with E-state index in [1.54, 1.807) is 24.2 Å². The second-order valence-electron chi connectivity index (χ2n) is 16.0. The summed E-state index contributed by atoms with van der Waals surface area (Å²) in [7, 11) is 1.60. The molecule has 12 heteroatoms. The Kier molecular flexibility index (Phi) is 10.1. The summed E-state index contributed by atoms with van der Waals surface area (Å²) in [5.74, 6) is -2.22. The van der Waals surface area contributed by atoms with E-state index in [9.17, 15) is 19.8 Å². The summed E-state index contributed by atoms with van der Waals surface area (Å²) in [6.07, 6.45) is 2.67. The average Bonchev–Trinajstić information content (AvgIpc) is 3.91. The summed E-state index contributed by atoms with van der Waals surface area (Å²) >= 11 is 0. The molecule has 4 fully saturated rings. The first kappa shape index (κ1) is 38.2. The van der Waals surface area contributed by atoms with E-state index in [1.807, 2.05) is 91.0 Å². The molecule has 2 bridgehead atoms. The van der Waals surface area contributed by atoms with Crippen LogP contribution in [0.3, 0.4) is 0 Å². The number of hydrogen-bond donors (Lipinski definition) is 3. The first-order valence-corrected chi connectivity index (χ1v) is 20.0. The van der Waals surface area contributed by atoms with Crippen LogP contribution in [0.1, 0.15) is 39.8 Å². The molecule has 300 valence electrons. The van der Waals surface area contributed by atoms with Gasteiger partial charge in [0.2, 0.25) is 11.8 Å². The molecule has 5 aliphatic rings. The quantitative estimate of drug-likeness (QED) is 0.181. The fraction of sp³-hybridized carbons (Fsp3) is 0.370. The van der Waals surface area contributed by atoms with Gasteiger partial charge in [0.25, 0.3) is 0 Å². The number of phenols is 1. The zero-order chi connectivity index (χ0) is 40.0. The lowest BCUT2D eigenvalue weighted by molar-refractivity contribution is -0.218. The smallest absolute Gasteiger partial charge is 0.327 e. The number of likely N-dealkylation sites (N-methyl/N-ethyl adjacent to an activating group) is 1. The number of amides is 2. The van der Waals surface area contributed by atoms with Crippen LogP contribution in [-0.4, -0.2) is 100 Å². The monoisotopic (exact) mass is 785 g/mol. The van der Waals surface area contributed by atoms with E-state index in [1.165, 1.54) is 4.90 Å². The molecule has 3 N–H and O–H groups in total. The van der Waals surface area contributed by atoms with Crippen molar-refractivity contribution in [2.45, 2.75) is 80.9 Å². The van der Waals surface area contributed by atoms with Crippen molar-refractivity contribution >= 4 is 23.9 Å². The number of nitrogens with zero attached hydrogens (tertiary/aromatic N) is 2. The van der Waals surface area contributed by atoms with E-state index in [0.29, 0.717) is 19.3 Å². The Morgan fingerprint density at radius 3 is 2.40 bits per heavy atom. The second kappa shape index (κ2) is 15.4. The van der Waals surface area contributed by atoms with Crippen LogP contribution in [0.5, 0.6) is 5.75 Å². The number of aliphatic hydroxyl groups is 1. The molecule has 0 aromatic heterocycles. The average molecular weight is 786 g/mol. The van der Waals surface area contributed by atoms with Crippen LogP contribution in [0.4, 0.5) is 0 Å². The summed E-state index contributed by atoms with van der Waals surface area (Å²) < 4.78 is 19.9. The maximum Gasteiger partial charge on any atom is 0.327 e. The minimum atomic E-state index is -1.49. The summed E-state index contributed by atoms with van der Waals surface area (Å²) in [5, 5.41) is 24.1. The van der Waals surface area contributed by atoms with Crippen LogP contribution >= 0.6 is 0 Å². The molecule has 3 aliphatic heterocycles. The van der Waals surface area contributed by atoms with Gasteiger partial charge in [0, 0.05) is 39.3 Å². The zero-order valence-electron chi connectivity index (χ0n) is 32.2. The van der Waals surface area contributed by atoms with Gasteiger partial charge in [0.05, 0.1) is 13.2 Å². The number of phenolic OH excluding ortho intramolecular Hbond substituents is 1. The molecular weight excluding hydrogens is 739 g/mol. The highest BCUT2D eigenvalue weighted by molar-refractivity contribution is 5.96. The maximum atomic E-state index is 15.5. The summed E-state index contributed by atoms with van der Waals surface area (Å²) in [5.41, 5.74) is 4.15. The number of rotatable bonds is 12. The third-order valence-corrected chi connectivity index (χ3v) is 12.4. The minimum Gasteiger partial charge on any atom is -0.508 e. The Balaban J connectivity index is 1.06.